The summed E-state index contributed by atoms with van der Waals surface area (Å²) in [4.78, 5) is 27.7. The van der Waals surface area contributed by atoms with Crippen LogP contribution < -0.4 is 10.6 Å². The predicted octanol–water partition coefficient (Wildman–Crippen LogP) is 2.17. The number of carbonyl (C=O) groups excluding carboxylic acids is 2. The van der Waals surface area contributed by atoms with Gasteiger partial charge in [-0.1, -0.05) is 17.3 Å². The number of hydrogen-bond donors (Lipinski definition) is 2. The smallest absolute Gasteiger partial charge is 0.316 e. The number of amides is 2. The number of nitrogens with zero attached hydrogens (tertiary/aromatic N) is 2. The third-order valence-electron chi connectivity index (χ3n) is 3.54. The van der Waals surface area contributed by atoms with Crippen LogP contribution in [0.15, 0.2) is 53.1 Å². The van der Waals surface area contributed by atoms with Crippen molar-refractivity contribution in [2.75, 3.05) is 13.1 Å². The van der Waals surface area contributed by atoms with Crippen molar-refractivity contribution in [2.45, 2.75) is 0 Å². The second kappa shape index (κ2) is 8.17. The lowest BCUT2D eigenvalue weighted by atomic mass is 10.2. The minimum Gasteiger partial charge on any atom is -0.350 e. The Balaban J connectivity index is 1.49. The van der Waals surface area contributed by atoms with Crippen molar-refractivity contribution in [2.24, 2.45) is 0 Å². The van der Waals surface area contributed by atoms with Crippen LogP contribution in [0.2, 0.25) is 0 Å². The van der Waals surface area contributed by atoms with Crippen LogP contribution in [0.4, 0.5) is 8.78 Å². The van der Waals surface area contributed by atoms with Crippen LogP contribution in [0.5, 0.6) is 0 Å². The maximum Gasteiger partial charge on any atom is 0.316 e. The molecule has 1 heterocycles. The average Bonchev–Trinajstić information content (AvgIpc) is 3.16. The molecule has 0 atom stereocenters. The Bertz CT molecular complexity index is 957. The molecule has 27 heavy (non-hydrogen) atoms. The maximum atomic E-state index is 13.5. The third-order valence-corrected chi connectivity index (χ3v) is 3.54. The van der Waals surface area contributed by atoms with E-state index >= 15 is 0 Å². The normalized spacial score (nSPS) is 10.4. The summed E-state index contributed by atoms with van der Waals surface area (Å²) in [6, 6.07) is 11.0. The van der Waals surface area contributed by atoms with Crippen molar-refractivity contribution in [1.29, 1.82) is 0 Å². The van der Waals surface area contributed by atoms with E-state index in [1.54, 1.807) is 6.07 Å². The largest absolute Gasteiger partial charge is 0.350 e. The fourth-order valence-electron chi connectivity index (χ4n) is 2.20. The Morgan fingerprint density at radius 1 is 0.926 bits per heavy atom. The Hall–Kier alpha value is -3.62. The zero-order valence-corrected chi connectivity index (χ0v) is 13.9. The lowest BCUT2D eigenvalue weighted by molar-refractivity contribution is 0.0897. The molecule has 0 aliphatic carbocycles. The Labute approximate surface area is 152 Å². The molecule has 0 fully saturated rings. The first kappa shape index (κ1) is 18.2. The highest BCUT2D eigenvalue weighted by molar-refractivity contribution is 5.94. The molecule has 7 nitrogen and oxygen atoms in total. The molecule has 3 aromatic rings. The van der Waals surface area contributed by atoms with E-state index in [0.717, 1.165) is 0 Å². The molecule has 138 valence electrons. The maximum absolute atomic E-state index is 13.5. The van der Waals surface area contributed by atoms with Crippen molar-refractivity contribution < 1.29 is 22.9 Å². The Morgan fingerprint density at radius 3 is 2.30 bits per heavy atom. The molecule has 9 heteroatoms. The average molecular weight is 372 g/mol. The Kier molecular flexibility index (Phi) is 5.50. The number of benzene rings is 2. The zero-order valence-electron chi connectivity index (χ0n) is 13.9. The van der Waals surface area contributed by atoms with Crippen molar-refractivity contribution >= 4 is 11.8 Å². The van der Waals surface area contributed by atoms with Gasteiger partial charge in [0.15, 0.2) is 0 Å². The van der Waals surface area contributed by atoms with E-state index in [1.807, 2.05) is 0 Å². The highest BCUT2D eigenvalue weighted by atomic mass is 19.1. The minimum atomic E-state index is -0.629. The first-order valence-corrected chi connectivity index (χ1v) is 7.95. The summed E-state index contributed by atoms with van der Waals surface area (Å²) in [6.07, 6.45) is 0. The van der Waals surface area contributed by atoms with Gasteiger partial charge in [0.25, 0.3) is 5.91 Å². The summed E-state index contributed by atoms with van der Waals surface area (Å²) >= 11 is 0. The third kappa shape index (κ3) is 4.51. The highest BCUT2D eigenvalue weighted by Crippen LogP contribution is 2.15. The fraction of sp³-hybridized carbons (Fsp3) is 0.111. The zero-order chi connectivity index (χ0) is 19.2. The van der Waals surface area contributed by atoms with Crippen LogP contribution in [-0.4, -0.2) is 35.0 Å². The number of carbonyl (C=O) groups is 2. The summed E-state index contributed by atoms with van der Waals surface area (Å²) in [5.74, 6) is -2.37. The second-order valence-corrected chi connectivity index (χ2v) is 5.42. The van der Waals surface area contributed by atoms with Crippen LogP contribution in [0, 0.1) is 11.6 Å². The van der Waals surface area contributed by atoms with E-state index in [1.165, 1.54) is 42.5 Å². The molecule has 0 aliphatic rings. The van der Waals surface area contributed by atoms with Gasteiger partial charge in [-0.25, -0.2) is 8.78 Å². The molecule has 0 saturated heterocycles. The molecule has 0 bridgehead atoms. The molecule has 2 amide bonds. The van der Waals surface area contributed by atoms with Gasteiger partial charge in [0.1, 0.15) is 11.6 Å². The second-order valence-electron chi connectivity index (χ2n) is 5.42. The Morgan fingerprint density at radius 2 is 1.59 bits per heavy atom. The molecule has 0 saturated carbocycles. The number of hydrogen-bond acceptors (Lipinski definition) is 5. The minimum absolute atomic E-state index is 0.0767. The van der Waals surface area contributed by atoms with Crippen molar-refractivity contribution in [3.05, 3.63) is 71.6 Å². The van der Waals surface area contributed by atoms with Crippen LogP contribution in [0.1, 0.15) is 21.0 Å². The number of aromatic nitrogens is 2. The molecular weight excluding hydrogens is 358 g/mol. The summed E-state index contributed by atoms with van der Waals surface area (Å²) in [7, 11) is 0. The van der Waals surface area contributed by atoms with Gasteiger partial charge in [0.05, 0.1) is 5.56 Å². The van der Waals surface area contributed by atoms with Crippen LogP contribution in [0.3, 0.4) is 0 Å². The predicted molar refractivity (Wildman–Crippen MR) is 90.8 cm³/mol. The summed E-state index contributed by atoms with van der Waals surface area (Å²) in [5, 5.41) is 8.64. The van der Waals surface area contributed by atoms with E-state index in [9.17, 15) is 18.4 Å². The monoisotopic (exact) mass is 372 g/mol. The highest BCUT2D eigenvalue weighted by Gasteiger charge is 2.16. The summed E-state index contributed by atoms with van der Waals surface area (Å²) in [6.45, 7) is 0.158. The lowest BCUT2D eigenvalue weighted by Gasteiger charge is -2.06. The molecule has 0 spiro atoms. The lowest BCUT2D eigenvalue weighted by Crippen LogP contribution is -2.35. The van der Waals surface area contributed by atoms with Gasteiger partial charge in [-0.2, -0.15) is 4.98 Å². The van der Waals surface area contributed by atoms with Crippen LogP contribution >= 0.6 is 0 Å². The van der Waals surface area contributed by atoms with Crippen LogP contribution in [0.25, 0.3) is 11.4 Å². The first-order valence-electron chi connectivity index (χ1n) is 7.95. The van der Waals surface area contributed by atoms with Gasteiger partial charge in [0, 0.05) is 18.7 Å². The quantitative estimate of drug-likeness (QED) is 0.647. The molecule has 3 rings (SSSR count). The van der Waals surface area contributed by atoms with E-state index < -0.39 is 23.4 Å². The standard InChI is InChI=1S/C18H14F2N4O3/c19-12-7-5-11(6-8-12)15-23-18(27-24-15)17(26)22-10-9-21-16(25)13-3-1-2-4-14(13)20/h1-8H,9-10H2,(H,21,25)(H,22,26). The first-order chi connectivity index (χ1) is 13.0. The van der Waals surface area contributed by atoms with E-state index in [-0.39, 0.29) is 30.4 Å². The van der Waals surface area contributed by atoms with E-state index in [0.29, 0.717) is 5.56 Å². The molecule has 2 aromatic carbocycles. The van der Waals surface area contributed by atoms with Gasteiger partial charge in [0.2, 0.25) is 5.82 Å². The fourth-order valence-corrected chi connectivity index (χ4v) is 2.20. The van der Waals surface area contributed by atoms with E-state index in [2.05, 4.69) is 20.8 Å². The topological polar surface area (TPSA) is 97.1 Å². The summed E-state index contributed by atoms with van der Waals surface area (Å²) < 4.78 is 31.3. The number of nitrogens with one attached hydrogen (secondary N) is 2. The molecule has 0 unspecified atom stereocenters. The number of halogens is 2. The van der Waals surface area contributed by atoms with E-state index in [4.69, 9.17) is 4.52 Å². The van der Waals surface area contributed by atoms with Crippen molar-refractivity contribution in [3.63, 3.8) is 0 Å². The molecule has 2 N–H and O–H groups in total. The van der Waals surface area contributed by atoms with Crippen molar-refractivity contribution in [1.82, 2.24) is 20.8 Å². The van der Waals surface area contributed by atoms with Crippen molar-refractivity contribution in [3.8, 4) is 11.4 Å². The van der Waals surface area contributed by atoms with Gasteiger partial charge in [-0.3, -0.25) is 9.59 Å². The molecule has 0 aliphatic heterocycles. The van der Waals surface area contributed by atoms with Crippen LogP contribution in [-0.2, 0) is 0 Å². The molecular formula is C18H14F2N4O3. The van der Waals surface area contributed by atoms with Gasteiger partial charge < -0.3 is 15.2 Å². The molecule has 1 aromatic heterocycles. The van der Waals surface area contributed by atoms with Gasteiger partial charge >= 0.3 is 11.8 Å². The van der Waals surface area contributed by atoms with Gasteiger partial charge in [-0.05, 0) is 36.4 Å². The number of rotatable bonds is 6. The SMILES string of the molecule is O=C(NCCNC(=O)c1ccccc1F)c1nc(-c2ccc(F)cc2)no1. The van der Waals surface area contributed by atoms with Gasteiger partial charge in [-0.15, -0.1) is 0 Å². The molecule has 0 radical (unpaired) electrons. The summed E-state index contributed by atoms with van der Waals surface area (Å²) in [5.41, 5.74) is 0.418.